The maximum atomic E-state index is 13.2. The van der Waals surface area contributed by atoms with Crippen molar-refractivity contribution < 1.29 is 4.79 Å². The molecule has 33 heavy (non-hydrogen) atoms. The predicted molar refractivity (Wildman–Crippen MR) is 130 cm³/mol. The Morgan fingerprint density at radius 3 is 2.30 bits per heavy atom. The summed E-state index contributed by atoms with van der Waals surface area (Å²) in [5.74, 6) is -0.165. The minimum absolute atomic E-state index is 0.0498. The van der Waals surface area contributed by atoms with E-state index >= 15 is 0 Å². The van der Waals surface area contributed by atoms with Crippen LogP contribution >= 0.6 is 0 Å². The van der Waals surface area contributed by atoms with Gasteiger partial charge in [-0.3, -0.25) is 4.79 Å². The summed E-state index contributed by atoms with van der Waals surface area (Å²) in [6.45, 7) is 4.37. The number of carbonyl (C=O) groups is 1. The Bertz CT molecular complexity index is 1520. The van der Waals surface area contributed by atoms with E-state index in [1.165, 1.54) is 16.3 Å². The first-order valence-corrected chi connectivity index (χ1v) is 10.8. The molecule has 2 aliphatic rings. The Balaban J connectivity index is 1.70. The number of hydrogen-bond acceptors (Lipinski definition) is 4. The van der Waals surface area contributed by atoms with Crippen LogP contribution in [0.25, 0.3) is 16.3 Å². The van der Waals surface area contributed by atoms with Crippen LogP contribution in [0, 0.1) is 22.7 Å². The fraction of sp³-hybridized carbons (Fsp3) is 0.138. The summed E-state index contributed by atoms with van der Waals surface area (Å²) in [5.41, 5.74) is 5.03. The van der Waals surface area contributed by atoms with Gasteiger partial charge in [-0.05, 0) is 40.1 Å². The van der Waals surface area contributed by atoms with Crippen molar-refractivity contribution in [1.82, 2.24) is 0 Å². The molecule has 0 aromatic heterocycles. The highest BCUT2D eigenvalue weighted by molar-refractivity contribution is 6.27. The summed E-state index contributed by atoms with van der Waals surface area (Å²) in [4.78, 5) is 15.4. The van der Waals surface area contributed by atoms with Crippen LogP contribution in [0.1, 0.15) is 35.3 Å². The van der Waals surface area contributed by atoms with E-state index in [0.717, 1.165) is 11.4 Å². The number of allylic oxidation sites excluding steroid dienone is 6. The third-order valence-electron chi connectivity index (χ3n) is 6.73. The van der Waals surface area contributed by atoms with Gasteiger partial charge in [-0.25, -0.2) is 0 Å². The molecule has 1 aliphatic heterocycles. The van der Waals surface area contributed by atoms with Crippen LogP contribution < -0.4 is 4.90 Å². The standard InChI is InChI=1S/C29H21N3O/c1-29(2)25(32(3)24-14-12-18-8-4-5-9-20(18)27(24)29)15-13-23-26(19(16-30)17-31)21-10-6-7-11-22(21)28(23)33/h4-15H,1-3H3/b23-13-,25-15+. The lowest BCUT2D eigenvalue weighted by molar-refractivity contribution is 0.104. The van der Waals surface area contributed by atoms with Gasteiger partial charge >= 0.3 is 0 Å². The molecule has 3 aromatic carbocycles. The van der Waals surface area contributed by atoms with Crippen molar-refractivity contribution in [2.45, 2.75) is 19.3 Å². The zero-order chi connectivity index (χ0) is 23.3. The van der Waals surface area contributed by atoms with Gasteiger partial charge < -0.3 is 4.90 Å². The quantitative estimate of drug-likeness (QED) is 0.349. The summed E-state index contributed by atoms with van der Waals surface area (Å²) in [5, 5.41) is 21.5. The lowest BCUT2D eigenvalue weighted by Crippen LogP contribution is -2.22. The van der Waals surface area contributed by atoms with Gasteiger partial charge in [0.15, 0.2) is 5.78 Å². The molecule has 0 bridgehead atoms. The summed E-state index contributed by atoms with van der Waals surface area (Å²) >= 11 is 0. The molecular weight excluding hydrogens is 406 g/mol. The second-order valence-electron chi connectivity index (χ2n) is 8.85. The number of fused-ring (bicyclic) bond motifs is 4. The number of anilines is 1. The van der Waals surface area contributed by atoms with Crippen molar-refractivity contribution >= 4 is 27.8 Å². The van der Waals surface area contributed by atoms with Crippen LogP contribution in [-0.4, -0.2) is 12.8 Å². The molecule has 4 heteroatoms. The second kappa shape index (κ2) is 7.33. The zero-order valence-corrected chi connectivity index (χ0v) is 18.7. The van der Waals surface area contributed by atoms with Gasteiger partial charge in [-0.2, -0.15) is 10.5 Å². The normalized spacial score (nSPS) is 18.4. The molecule has 5 rings (SSSR count). The first kappa shape index (κ1) is 20.5. The van der Waals surface area contributed by atoms with Crippen molar-refractivity contribution in [2.24, 2.45) is 0 Å². The number of nitrogens with zero attached hydrogens (tertiary/aromatic N) is 3. The number of ketones is 1. The SMILES string of the molecule is CN1/C(=C/C=C2\C(=O)c3ccccc3C2=C(C#N)C#N)C(C)(C)c2c1ccc1ccccc21. The van der Waals surface area contributed by atoms with E-state index < -0.39 is 0 Å². The average Bonchev–Trinajstić information content (AvgIpc) is 3.21. The van der Waals surface area contributed by atoms with E-state index in [9.17, 15) is 15.3 Å². The largest absolute Gasteiger partial charge is 0.347 e. The second-order valence-corrected chi connectivity index (χ2v) is 8.85. The number of Topliss-reactive ketones (excluding diaryl/α,β-unsaturated/α-hetero) is 1. The van der Waals surface area contributed by atoms with Gasteiger partial charge in [0.1, 0.15) is 17.7 Å². The number of rotatable bonds is 1. The van der Waals surface area contributed by atoms with Crippen molar-refractivity contribution in [3.63, 3.8) is 0 Å². The van der Waals surface area contributed by atoms with E-state index in [-0.39, 0.29) is 16.8 Å². The van der Waals surface area contributed by atoms with Crippen molar-refractivity contribution in [1.29, 1.82) is 10.5 Å². The maximum absolute atomic E-state index is 13.2. The number of benzene rings is 3. The van der Waals surface area contributed by atoms with Gasteiger partial charge in [-0.1, -0.05) is 68.4 Å². The first-order chi connectivity index (χ1) is 15.9. The Hall–Kier alpha value is -4.41. The highest BCUT2D eigenvalue weighted by Gasteiger charge is 2.40. The van der Waals surface area contributed by atoms with E-state index in [0.29, 0.717) is 22.3 Å². The van der Waals surface area contributed by atoms with Crippen LogP contribution in [0.2, 0.25) is 0 Å². The zero-order valence-electron chi connectivity index (χ0n) is 18.7. The fourth-order valence-electron chi connectivity index (χ4n) is 5.22. The van der Waals surface area contributed by atoms with Crippen molar-refractivity contribution in [2.75, 3.05) is 11.9 Å². The molecule has 158 valence electrons. The Kier molecular flexibility index (Phi) is 4.55. The predicted octanol–water partition coefficient (Wildman–Crippen LogP) is 6.07. The maximum Gasteiger partial charge on any atom is 0.194 e. The van der Waals surface area contributed by atoms with Crippen LogP contribution in [0.15, 0.2) is 89.7 Å². The molecule has 0 fully saturated rings. The average molecular weight is 428 g/mol. The van der Waals surface area contributed by atoms with Gasteiger partial charge in [-0.15, -0.1) is 0 Å². The molecule has 0 N–H and O–H groups in total. The number of carbonyl (C=O) groups excluding carboxylic acids is 1. The minimum Gasteiger partial charge on any atom is -0.347 e. The third-order valence-corrected chi connectivity index (χ3v) is 6.73. The van der Waals surface area contributed by atoms with Gasteiger partial charge in [0.2, 0.25) is 0 Å². The molecule has 3 aromatic rings. The van der Waals surface area contributed by atoms with E-state index in [4.69, 9.17) is 0 Å². The molecule has 1 aliphatic carbocycles. The number of likely N-dealkylation sites (N-methyl/N-ethyl adjacent to an activating group) is 1. The Morgan fingerprint density at radius 2 is 1.58 bits per heavy atom. The molecular formula is C29H21N3O. The molecule has 0 saturated heterocycles. The van der Waals surface area contributed by atoms with E-state index in [1.54, 1.807) is 24.3 Å². The summed E-state index contributed by atoms with van der Waals surface area (Å²) in [6, 6.07) is 23.7. The minimum atomic E-state index is -0.298. The first-order valence-electron chi connectivity index (χ1n) is 10.8. The Labute approximate surface area is 193 Å². The highest BCUT2D eigenvalue weighted by Crippen LogP contribution is 2.50. The molecule has 4 nitrogen and oxygen atoms in total. The van der Waals surface area contributed by atoms with E-state index in [2.05, 4.69) is 49.1 Å². The monoisotopic (exact) mass is 427 g/mol. The van der Waals surface area contributed by atoms with Crippen LogP contribution in [0.4, 0.5) is 5.69 Å². The summed E-state index contributed by atoms with van der Waals surface area (Å²) in [6.07, 6.45) is 3.73. The molecule has 0 atom stereocenters. The molecule has 0 spiro atoms. The Morgan fingerprint density at radius 1 is 0.909 bits per heavy atom. The lowest BCUT2D eigenvalue weighted by atomic mass is 9.81. The van der Waals surface area contributed by atoms with Gasteiger partial charge in [0.05, 0.1) is 0 Å². The van der Waals surface area contributed by atoms with Gasteiger partial charge in [0.25, 0.3) is 0 Å². The number of nitriles is 2. The van der Waals surface area contributed by atoms with Crippen LogP contribution in [-0.2, 0) is 5.41 Å². The third kappa shape index (κ3) is 2.85. The summed E-state index contributed by atoms with van der Waals surface area (Å²) < 4.78 is 0. The lowest BCUT2D eigenvalue weighted by Gasteiger charge is -2.24. The smallest absolute Gasteiger partial charge is 0.194 e. The molecule has 1 heterocycles. The molecule has 0 radical (unpaired) electrons. The molecule has 0 saturated carbocycles. The summed E-state index contributed by atoms with van der Waals surface area (Å²) in [7, 11) is 2.03. The van der Waals surface area contributed by atoms with E-state index in [1.807, 2.05) is 37.4 Å². The van der Waals surface area contributed by atoms with Gasteiger partial charge in [0, 0.05) is 40.6 Å². The topological polar surface area (TPSA) is 67.9 Å². The highest BCUT2D eigenvalue weighted by atomic mass is 16.1. The van der Waals surface area contributed by atoms with Crippen LogP contribution in [0.3, 0.4) is 0 Å². The van der Waals surface area contributed by atoms with Crippen molar-refractivity contribution in [3.05, 3.63) is 106 Å². The van der Waals surface area contributed by atoms with Crippen molar-refractivity contribution in [3.8, 4) is 12.1 Å². The molecule has 0 amide bonds. The molecule has 0 unspecified atom stereocenters. The fourth-order valence-corrected chi connectivity index (χ4v) is 5.22. The number of hydrogen-bond donors (Lipinski definition) is 0. The van der Waals surface area contributed by atoms with Crippen LogP contribution in [0.5, 0.6) is 0 Å².